The van der Waals surface area contributed by atoms with Crippen molar-refractivity contribution in [2.24, 2.45) is 0 Å². The molecule has 1 rings (SSSR count). The minimum Gasteiger partial charge on any atom is -0.371 e. The van der Waals surface area contributed by atoms with Crippen molar-refractivity contribution in [2.75, 3.05) is 0 Å². The first-order valence-electron chi connectivity index (χ1n) is 4.03. The molecule has 0 spiro atoms. The second kappa shape index (κ2) is 4.48. The van der Waals surface area contributed by atoms with E-state index in [0.717, 1.165) is 10.4 Å². The van der Waals surface area contributed by atoms with Gasteiger partial charge in [0.25, 0.3) is 0 Å². The van der Waals surface area contributed by atoms with Gasteiger partial charge in [-0.25, -0.2) is 0 Å². The van der Waals surface area contributed by atoms with Gasteiger partial charge in [-0.3, -0.25) is 0 Å². The smallest absolute Gasteiger partial charge is 0.0887 e. The number of rotatable bonds is 3. The van der Waals surface area contributed by atoms with Gasteiger partial charge in [-0.05, 0) is 18.5 Å². The van der Waals surface area contributed by atoms with Crippen LogP contribution in [0.2, 0.25) is 0 Å². The lowest BCUT2D eigenvalue weighted by atomic mass is 10.2. The Labute approximate surface area is 73.6 Å². The van der Waals surface area contributed by atoms with Crippen LogP contribution < -0.4 is 4.65 Å². The number of nitrogens with one attached hydrogen (secondary N) is 1. The van der Waals surface area contributed by atoms with Crippen LogP contribution in [0.3, 0.4) is 0 Å². The number of hydrogen-bond acceptors (Lipinski definition) is 1. The van der Waals surface area contributed by atoms with Crippen LogP contribution in [0, 0.1) is 6.92 Å². The molecule has 0 aromatic heterocycles. The topological polar surface area (TPSA) is 12.0 Å². The van der Waals surface area contributed by atoms with Gasteiger partial charge in [0.1, 0.15) is 0 Å². The minimum atomic E-state index is 0.0229. The highest BCUT2D eigenvalue weighted by Crippen LogP contribution is 2.02. The monoisotopic (exact) mass is 181 g/mol. The van der Waals surface area contributed by atoms with Crippen LogP contribution in [0.5, 0.6) is 0 Å². The Morgan fingerprint density at radius 2 is 2.00 bits per heavy atom. The lowest BCUT2D eigenvalue weighted by molar-refractivity contribution is 1.32. The zero-order valence-corrected chi connectivity index (χ0v) is 10.6. The third-order valence-electron chi connectivity index (χ3n) is 1.78. The maximum atomic E-state index is 3.41. The Bertz CT molecular complexity index is 208. The van der Waals surface area contributed by atoms with Gasteiger partial charge in [-0.15, -0.1) is 0 Å². The fourth-order valence-electron chi connectivity index (χ4n) is 1.02. The third-order valence-corrected chi connectivity index (χ3v) is 4.61. The SMILES string of the molecule is Cc1ccc(C[SiH2]N[SiH3])cc1. The zero-order chi connectivity index (χ0) is 8.10. The van der Waals surface area contributed by atoms with Crippen LogP contribution in [0.15, 0.2) is 24.3 Å². The third kappa shape index (κ3) is 3.01. The van der Waals surface area contributed by atoms with Gasteiger partial charge in [-0.1, -0.05) is 29.8 Å². The Morgan fingerprint density at radius 3 is 2.55 bits per heavy atom. The van der Waals surface area contributed by atoms with E-state index in [0.29, 0.717) is 0 Å². The molecule has 1 N–H and O–H groups in total. The molecular formula is C8H15NSi2. The molecule has 0 bridgehead atoms. The summed E-state index contributed by atoms with van der Waals surface area (Å²) >= 11 is 0. The normalized spacial score (nSPS) is 11.4. The standard InChI is InChI=1S/C8H15NSi2/c1-7-2-4-8(5-3-7)6-11-9-10/h2-5,9H,6,11H2,1,10H3. The van der Waals surface area contributed by atoms with E-state index in [4.69, 9.17) is 0 Å². The van der Waals surface area contributed by atoms with Crippen LogP contribution in [-0.2, 0) is 6.04 Å². The van der Waals surface area contributed by atoms with Gasteiger partial charge in [0.15, 0.2) is 0 Å². The van der Waals surface area contributed by atoms with Gasteiger partial charge in [0.05, 0.1) is 20.1 Å². The molecule has 0 unspecified atom stereocenters. The average molecular weight is 181 g/mol. The Hall–Kier alpha value is -0.386. The molecule has 1 nitrogen and oxygen atoms in total. The summed E-state index contributed by atoms with van der Waals surface area (Å²) < 4.78 is 3.41. The Morgan fingerprint density at radius 1 is 1.36 bits per heavy atom. The van der Waals surface area contributed by atoms with E-state index < -0.39 is 0 Å². The molecule has 0 radical (unpaired) electrons. The molecule has 11 heavy (non-hydrogen) atoms. The molecule has 0 atom stereocenters. The van der Waals surface area contributed by atoms with E-state index in [-0.39, 0.29) is 9.68 Å². The molecule has 0 heterocycles. The first kappa shape index (κ1) is 8.71. The lowest BCUT2D eigenvalue weighted by Crippen LogP contribution is -2.17. The summed E-state index contributed by atoms with van der Waals surface area (Å²) in [6.45, 7) is 2.13. The predicted octanol–water partition coefficient (Wildman–Crippen LogP) is -0.551. The van der Waals surface area contributed by atoms with Crippen molar-refractivity contribution in [2.45, 2.75) is 13.0 Å². The van der Waals surface area contributed by atoms with E-state index in [2.05, 4.69) is 35.8 Å². The van der Waals surface area contributed by atoms with Crippen molar-refractivity contribution in [3.05, 3.63) is 35.4 Å². The van der Waals surface area contributed by atoms with Gasteiger partial charge >= 0.3 is 0 Å². The largest absolute Gasteiger partial charge is 0.371 e. The molecule has 0 saturated carbocycles. The summed E-state index contributed by atoms with van der Waals surface area (Å²) in [5.41, 5.74) is 2.85. The first-order valence-corrected chi connectivity index (χ1v) is 6.74. The Balaban J connectivity index is 2.52. The Kier molecular flexibility index (Phi) is 3.55. The highest BCUT2D eigenvalue weighted by Gasteiger charge is 1.90. The van der Waals surface area contributed by atoms with Gasteiger partial charge in [0.2, 0.25) is 0 Å². The summed E-state index contributed by atoms with van der Waals surface area (Å²) in [6.07, 6.45) is 0. The minimum absolute atomic E-state index is 0.0229. The molecule has 0 aliphatic carbocycles. The van der Waals surface area contributed by atoms with Crippen molar-refractivity contribution >= 4 is 20.1 Å². The van der Waals surface area contributed by atoms with Gasteiger partial charge in [0, 0.05) is 0 Å². The van der Waals surface area contributed by atoms with Crippen molar-refractivity contribution in [3.8, 4) is 0 Å². The molecular weight excluding hydrogens is 166 g/mol. The summed E-state index contributed by atoms with van der Waals surface area (Å²) in [5, 5.41) is 0. The molecule has 1 aromatic carbocycles. The quantitative estimate of drug-likeness (QED) is 0.617. The molecule has 1 aromatic rings. The predicted molar refractivity (Wildman–Crippen MR) is 56.5 cm³/mol. The van der Waals surface area contributed by atoms with Crippen molar-refractivity contribution in [3.63, 3.8) is 0 Å². The summed E-state index contributed by atoms with van der Waals surface area (Å²) in [7, 11) is 1.18. The molecule has 3 heteroatoms. The molecule has 0 aliphatic rings. The number of hydrogen-bond donors (Lipinski definition) is 1. The van der Waals surface area contributed by atoms with E-state index in [9.17, 15) is 0 Å². The first-order chi connectivity index (χ1) is 5.33. The van der Waals surface area contributed by atoms with Crippen LogP contribution >= 0.6 is 0 Å². The zero-order valence-electron chi connectivity index (χ0n) is 7.22. The molecule has 0 saturated heterocycles. The van der Waals surface area contributed by atoms with Crippen molar-refractivity contribution in [1.29, 1.82) is 0 Å². The average Bonchev–Trinajstić information content (AvgIpc) is 2.04. The summed E-state index contributed by atoms with van der Waals surface area (Å²) in [6, 6.07) is 10.2. The van der Waals surface area contributed by atoms with Crippen LogP contribution in [-0.4, -0.2) is 20.1 Å². The van der Waals surface area contributed by atoms with Gasteiger partial charge < -0.3 is 4.65 Å². The van der Waals surface area contributed by atoms with E-state index >= 15 is 0 Å². The molecule has 0 aliphatic heterocycles. The van der Waals surface area contributed by atoms with Crippen LogP contribution in [0.25, 0.3) is 0 Å². The maximum Gasteiger partial charge on any atom is 0.0887 e. The highest BCUT2D eigenvalue weighted by atomic mass is 28.3. The fraction of sp³-hybridized carbons (Fsp3) is 0.250. The van der Waals surface area contributed by atoms with Gasteiger partial charge in [-0.2, -0.15) is 0 Å². The second-order valence-electron chi connectivity index (χ2n) is 2.84. The van der Waals surface area contributed by atoms with Crippen LogP contribution in [0.4, 0.5) is 0 Å². The van der Waals surface area contributed by atoms with Crippen molar-refractivity contribution in [1.82, 2.24) is 4.65 Å². The lowest BCUT2D eigenvalue weighted by Gasteiger charge is -1.99. The van der Waals surface area contributed by atoms with E-state index in [1.165, 1.54) is 17.2 Å². The number of benzene rings is 1. The molecule has 0 amide bonds. The second-order valence-corrected chi connectivity index (χ2v) is 6.67. The van der Waals surface area contributed by atoms with E-state index in [1.54, 1.807) is 0 Å². The summed E-state index contributed by atoms with van der Waals surface area (Å²) in [4.78, 5) is 0. The molecule has 60 valence electrons. The number of aryl methyl sites for hydroxylation is 1. The highest BCUT2D eigenvalue weighted by molar-refractivity contribution is 6.41. The molecule has 0 fully saturated rings. The van der Waals surface area contributed by atoms with E-state index in [1.807, 2.05) is 0 Å². The van der Waals surface area contributed by atoms with Crippen molar-refractivity contribution < 1.29 is 0 Å². The maximum absolute atomic E-state index is 3.41. The van der Waals surface area contributed by atoms with Crippen LogP contribution in [0.1, 0.15) is 11.1 Å². The summed E-state index contributed by atoms with van der Waals surface area (Å²) in [5.74, 6) is 0. The fourth-order valence-corrected chi connectivity index (χ4v) is 2.65.